The first kappa shape index (κ1) is 13.1. The van der Waals surface area contributed by atoms with Crippen LogP contribution in [0.5, 0.6) is 0 Å². The third-order valence-electron chi connectivity index (χ3n) is 2.20. The smallest absolute Gasteiger partial charge is 0.128 e. The zero-order chi connectivity index (χ0) is 11.8. The molecule has 4 heteroatoms. The van der Waals surface area contributed by atoms with Crippen LogP contribution in [0, 0.1) is 0 Å². The van der Waals surface area contributed by atoms with E-state index in [1.165, 1.54) is 0 Å². The van der Waals surface area contributed by atoms with Gasteiger partial charge in [-0.15, -0.1) is 0 Å². The molecule has 1 rings (SSSR count). The summed E-state index contributed by atoms with van der Waals surface area (Å²) in [5.41, 5.74) is 1.05. The highest BCUT2D eigenvalue weighted by Gasteiger charge is 2.00. The second-order valence-electron chi connectivity index (χ2n) is 4.10. The first-order valence-corrected chi connectivity index (χ1v) is 5.75. The average molecular weight is 223 g/mol. The lowest BCUT2D eigenvalue weighted by Gasteiger charge is -2.08. The lowest BCUT2D eigenvalue weighted by Crippen LogP contribution is -2.22. The molecule has 0 fully saturated rings. The maximum atomic E-state index is 5.00. The lowest BCUT2D eigenvalue weighted by atomic mass is 10.3. The fraction of sp³-hybridized carbons (Fsp3) is 0.667. The van der Waals surface area contributed by atoms with E-state index in [0.29, 0.717) is 6.04 Å². The first-order valence-electron chi connectivity index (χ1n) is 5.75. The Hall–Kier alpha value is -1.00. The Bertz CT molecular complexity index is 302. The molecule has 90 valence electrons. The third-order valence-corrected chi connectivity index (χ3v) is 2.20. The van der Waals surface area contributed by atoms with Gasteiger partial charge in [0.05, 0.1) is 5.69 Å². The summed E-state index contributed by atoms with van der Waals surface area (Å²) in [6.45, 7) is 5.82. The van der Waals surface area contributed by atoms with E-state index in [4.69, 9.17) is 4.74 Å². The van der Waals surface area contributed by atoms with Crippen LogP contribution in [0.4, 0.5) is 0 Å². The summed E-state index contributed by atoms with van der Waals surface area (Å²) >= 11 is 0. The van der Waals surface area contributed by atoms with Crippen LogP contribution in [0.2, 0.25) is 0 Å². The summed E-state index contributed by atoms with van der Waals surface area (Å²) in [5.74, 6) is 0.903. The first-order chi connectivity index (χ1) is 7.72. The van der Waals surface area contributed by atoms with Crippen LogP contribution >= 0.6 is 0 Å². The molecule has 0 aromatic carbocycles. The molecule has 1 heterocycles. The predicted octanol–water partition coefficient (Wildman–Crippen LogP) is 1.55. The van der Waals surface area contributed by atoms with Gasteiger partial charge in [-0.05, 0) is 12.5 Å². The van der Waals surface area contributed by atoms with Crippen molar-refractivity contribution < 1.29 is 4.74 Å². The Morgan fingerprint density at radius 2 is 2.25 bits per heavy atom. The van der Waals surface area contributed by atoms with Crippen LogP contribution in [0.15, 0.2) is 12.3 Å². The van der Waals surface area contributed by atoms with Gasteiger partial charge >= 0.3 is 0 Å². The Balaban J connectivity index is 2.43. The van der Waals surface area contributed by atoms with Crippen molar-refractivity contribution in [2.24, 2.45) is 0 Å². The molecule has 1 aromatic rings. The predicted molar refractivity (Wildman–Crippen MR) is 64.2 cm³/mol. The Morgan fingerprint density at radius 3 is 2.94 bits per heavy atom. The Labute approximate surface area is 97.5 Å². The fourth-order valence-corrected chi connectivity index (χ4v) is 1.34. The molecule has 1 N–H and O–H groups in total. The van der Waals surface area contributed by atoms with Gasteiger partial charge in [0.15, 0.2) is 0 Å². The van der Waals surface area contributed by atoms with Crippen molar-refractivity contribution >= 4 is 0 Å². The van der Waals surface area contributed by atoms with Crippen molar-refractivity contribution in [1.82, 2.24) is 15.3 Å². The number of nitrogens with one attached hydrogen (secondary N) is 1. The molecule has 4 nitrogen and oxygen atoms in total. The average Bonchev–Trinajstić information content (AvgIpc) is 2.27. The number of aromatic nitrogens is 2. The maximum Gasteiger partial charge on any atom is 0.128 e. The van der Waals surface area contributed by atoms with E-state index in [1.54, 1.807) is 7.11 Å². The molecule has 0 aliphatic carbocycles. The molecule has 0 saturated heterocycles. The normalized spacial score (nSPS) is 11.0. The van der Waals surface area contributed by atoms with Gasteiger partial charge in [-0.25, -0.2) is 9.97 Å². The molecular formula is C12H21N3O. The monoisotopic (exact) mass is 223 g/mol. The van der Waals surface area contributed by atoms with Crippen LogP contribution in [-0.4, -0.2) is 29.7 Å². The summed E-state index contributed by atoms with van der Waals surface area (Å²) in [5, 5.41) is 3.34. The number of aryl methyl sites for hydroxylation is 1. The standard InChI is InChI=1S/C12H21N3O/c1-10(2)14-9-11-6-7-13-12(15-11)5-4-8-16-3/h6-7,10,14H,4-5,8-9H2,1-3H3. The SMILES string of the molecule is COCCCc1nccc(CNC(C)C)n1. The van der Waals surface area contributed by atoms with E-state index < -0.39 is 0 Å². The van der Waals surface area contributed by atoms with Crippen LogP contribution in [0.1, 0.15) is 31.8 Å². The second-order valence-corrected chi connectivity index (χ2v) is 4.10. The van der Waals surface area contributed by atoms with E-state index in [2.05, 4.69) is 29.1 Å². The van der Waals surface area contributed by atoms with E-state index in [-0.39, 0.29) is 0 Å². The van der Waals surface area contributed by atoms with E-state index in [0.717, 1.165) is 37.5 Å². The van der Waals surface area contributed by atoms with Crippen LogP contribution < -0.4 is 5.32 Å². The molecule has 0 atom stereocenters. The summed E-state index contributed by atoms with van der Waals surface area (Å²) in [7, 11) is 1.71. The summed E-state index contributed by atoms with van der Waals surface area (Å²) < 4.78 is 5.00. The molecule has 16 heavy (non-hydrogen) atoms. The summed E-state index contributed by atoms with van der Waals surface area (Å²) in [4.78, 5) is 8.73. The largest absolute Gasteiger partial charge is 0.385 e. The quantitative estimate of drug-likeness (QED) is 0.712. The minimum absolute atomic E-state index is 0.479. The second kappa shape index (κ2) is 7.30. The van der Waals surface area contributed by atoms with Gasteiger partial charge in [-0.2, -0.15) is 0 Å². The number of hydrogen-bond acceptors (Lipinski definition) is 4. The molecule has 0 amide bonds. The van der Waals surface area contributed by atoms with E-state index in [1.807, 2.05) is 12.3 Å². The van der Waals surface area contributed by atoms with Crippen molar-refractivity contribution in [3.05, 3.63) is 23.8 Å². The van der Waals surface area contributed by atoms with Crippen molar-refractivity contribution in [2.75, 3.05) is 13.7 Å². The Kier molecular flexibility index (Phi) is 5.96. The van der Waals surface area contributed by atoms with Gasteiger partial charge in [0.25, 0.3) is 0 Å². The van der Waals surface area contributed by atoms with Crippen LogP contribution in [0.25, 0.3) is 0 Å². The summed E-state index contributed by atoms with van der Waals surface area (Å²) in [6.07, 6.45) is 3.67. The zero-order valence-corrected chi connectivity index (χ0v) is 10.4. The zero-order valence-electron chi connectivity index (χ0n) is 10.4. The number of rotatable bonds is 7. The van der Waals surface area contributed by atoms with Gasteiger partial charge < -0.3 is 10.1 Å². The molecule has 0 bridgehead atoms. The van der Waals surface area contributed by atoms with Crippen molar-refractivity contribution in [3.8, 4) is 0 Å². The van der Waals surface area contributed by atoms with Gasteiger partial charge in [0.2, 0.25) is 0 Å². The maximum absolute atomic E-state index is 5.00. The molecule has 0 aliphatic rings. The highest BCUT2D eigenvalue weighted by atomic mass is 16.5. The molecular weight excluding hydrogens is 202 g/mol. The molecule has 1 aromatic heterocycles. The number of nitrogens with zero attached hydrogens (tertiary/aromatic N) is 2. The van der Waals surface area contributed by atoms with Crippen LogP contribution in [-0.2, 0) is 17.7 Å². The molecule has 0 aliphatic heterocycles. The lowest BCUT2D eigenvalue weighted by molar-refractivity contribution is 0.194. The van der Waals surface area contributed by atoms with Gasteiger partial charge in [-0.3, -0.25) is 0 Å². The third kappa shape index (κ3) is 5.19. The van der Waals surface area contributed by atoms with Gasteiger partial charge in [0, 0.05) is 38.9 Å². The Morgan fingerprint density at radius 1 is 1.44 bits per heavy atom. The van der Waals surface area contributed by atoms with Crippen molar-refractivity contribution in [2.45, 2.75) is 39.3 Å². The topological polar surface area (TPSA) is 47.0 Å². The fourth-order valence-electron chi connectivity index (χ4n) is 1.34. The summed E-state index contributed by atoms with van der Waals surface area (Å²) in [6, 6.07) is 2.43. The number of hydrogen-bond donors (Lipinski definition) is 1. The number of ether oxygens (including phenoxy) is 1. The van der Waals surface area contributed by atoms with E-state index in [9.17, 15) is 0 Å². The van der Waals surface area contributed by atoms with Gasteiger partial charge in [0.1, 0.15) is 5.82 Å². The highest BCUT2D eigenvalue weighted by molar-refractivity contribution is 5.02. The molecule has 0 saturated carbocycles. The molecule has 0 unspecified atom stereocenters. The highest BCUT2D eigenvalue weighted by Crippen LogP contribution is 1.99. The minimum atomic E-state index is 0.479. The number of methoxy groups -OCH3 is 1. The molecule has 0 radical (unpaired) electrons. The molecule has 0 spiro atoms. The van der Waals surface area contributed by atoms with Crippen LogP contribution in [0.3, 0.4) is 0 Å². The minimum Gasteiger partial charge on any atom is -0.385 e. The van der Waals surface area contributed by atoms with E-state index >= 15 is 0 Å². The van der Waals surface area contributed by atoms with Crippen molar-refractivity contribution in [3.63, 3.8) is 0 Å². The van der Waals surface area contributed by atoms with Crippen molar-refractivity contribution in [1.29, 1.82) is 0 Å². The van der Waals surface area contributed by atoms with Gasteiger partial charge in [-0.1, -0.05) is 13.8 Å².